The van der Waals surface area contributed by atoms with Gasteiger partial charge >= 0.3 is 0 Å². The summed E-state index contributed by atoms with van der Waals surface area (Å²) in [6.07, 6.45) is 4.82. The fourth-order valence-electron chi connectivity index (χ4n) is 2.75. The first kappa shape index (κ1) is 15.0. The number of carbonyl (C=O) groups excluding carboxylic acids is 1. The van der Waals surface area contributed by atoms with E-state index in [1.807, 2.05) is 11.8 Å². The number of carbonyl (C=O) groups is 1. The minimum absolute atomic E-state index is 0.0414. The summed E-state index contributed by atoms with van der Waals surface area (Å²) in [5.41, 5.74) is 2.43. The molecule has 20 heavy (non-hydrogen) atoms. The van der Waals surface area contributed by atoms with Crippen LogP contribution in [0.3, 0.4) is 0 Å². The molecule has 1 N–H and O–H groups in total. The first-order valence-corrected chi connectivity index (χ1v) is 7.76. The minimum atomic E-state index is -0.0764. The largest absolute Gasteiger partial charge is 0.322 e. The number of amides is 1. The maximum Gasteiger partial charge on any atom is 0.241 e. The summed E-state index contributed by atoms with van der Waals surface area (Å²) in [6.45, 7) is 7.10. The van der Waals surface area contributed by atoms with E-state index in [1.165, 1.54) is 30.4 Å². The number of hydrogen-bond acceptors (Lipinski definition) is 2. The molecule has 2 unspecified atom stereocenters. The van der Waals surface area contributed by atoms with Crippen LogP contribution in [0.25, 0.3) is 0 Å². The first-order chi connectivity index (χ1) is 9.63. The second kappa shape index (κ2) is 6.89. The fourth-order valence-corrected chi connectivity index (χ4v) is 2.75. The molecule has 1 aliphatic heterocycles. The van der Waals surface area contributed by atoms with Crippen LogP contribution in [0.15, 0.2) is 24.3 Å². The lowest BCUT2D eigenvalue weighted by Crippen LogP contribution is -2.31. The molecule has 1 aliphatic rings. The zero-order chi connectivity index (χ0) is 14.5. The molecule has 3 heteroatoms. The molecule has 0 spiro atoms. The van der Waals surface area contributed by atoms with Crippen LogP contribution < -0.4 is 5.32 Å². The summed E-state index contributed by atoms with van der Waals surface area (Å²) in [5, 5.41) is 3.41. The van der Waals surface area contributed by atoms with Gasteiger partial charge in [-0.2, -0.15) is 0 Å². The van der Waals surface area contributed by atoms with Crippen LogP contribution in [-0.4, -0.2) is 23.4 Å². The van der Waals surface area contributed by atoms with Crippen LogP contribution in [0.4, 0.5) is 0 Å². The summed E-state index contributed by atoms with van der Waals surface area (Å²) < 4.78 is 0. The van der Waals surface area contributed by atoms with Crippen molar-refractivity contribution in [1.82, 2.24) is 10.2 Å². The summed E-state index contributed by atoms with van der Waals surface area (Å²) in [5.74, 6) is 0.229. The minimum Gasteiger partial charge on any atom is -0.322 e. The zero-order valence-electron chi connectivity index (χ0n) is 12.9. The Balaban J connectivity index is 2.05. The van der Waals surface area contributed by atoms with E-state index in [0.717, 1.165) is 13.0 Å². The van der Waals surface area contributed by atoms with Crippen LogP contribution in [0, 0.1) is 6.92 Å². The first-order valence-electron chi connectivity index (χ1n) is 7.76. The maximum atomic E-state index is 12.3. The highest BCUT2D eigenvalue weighted by Crippen LogP contribution is 2.26. The van der Waals surface area contributed by atoms with Crippen LogP contribution in [-0.2, 0) is 4.79 Å². The van der Waals surface area contributed by atoms with Crippen molar-refractivity contribution in [2.75, 3.05) is 6.54 Å². The molecule has 110 valence electrons. The van der Waals surface area contributed by atoms with E-state index >= 15 is 0 Å². The number of rotatable bonds is 6. The highest BCUT2D eigenvalue weighted by Gasteiger charge is 2.36. The van der Waals surface area contributed by atoms with Crippen LogP contribution in [0.5, 0.6) is 0 Å². The molecular formula is C17H26N2O. The van der Waals surface area contributed by atoms with Gasteiger partial charge in [-0.3, -0.25) is 10.1 Å². The molecule has 0 bridgehead atoms. The van der Waals surface area contributed by atoms with Crippen molar-refractivity contribution in [2.45, 2.75) is 58.7 Å². The standard InChI is InChI=1S/C17H26N2O/c1-4-5-6-7-12-19-16(18-14(3)17(19)20)15-10-8-13(2)9-11-15/h8-11,14,16,18H,4-7,12H2,1-3H3. The predicted molar refractivity (Wildman–Crippen MR) is 82.4 cm³/mol. The Morgan fingerprint density at radius 2 is 1.85 bits per heavy atom. The van der Waals surface area contributed by atoms with Gasteiger partial charge in [0.15, 0.2) is 0 Å². The quantitative estimate of drug-likeness (QED) is 0.806. The van der Waals surface area contributed by atoms with Crippen LogP contribution >= 0.6 is 0 Å². The van der Waals surface area contributed by atoms with Gasteiger partial charge in [-0.25, -0.2) is 0 Å². The van der Waals surface area contributed by atoms with Gasteiger partial charge in [-0.15, -0.1) is 0 Å². The number of nitrogens with zero attached hydrogens (tertiary/aromatic N) is 1. The Morgan fingerprint density at radius 1 is 1.15 bits per heavy atom. The zero-order valence-corrected chi connectivity index (χ0v) is 12.9. The average Bonchev–Trinajstić information content (AvgIpc) is 2.72. The van der Waals surface area contributed by atoms with Gasteiger partial charge in [-0.05, 0) is 25.8 Å². The Labute approximate surface area is 122 Å². The van der Waals surface area contributed by atoms with Gasteiger partial charge in [0.1, 0.15) is 6.17 Å². The van der Waals surface area contributed by atoms with E-state index in [-0.39, 0.29) is 18.1 Å². The van der Waals surface area contributed by atoms with Crippen molar-refractivity contribution >= 4 is 5.91 Å². The lowest BCUT2D eigenvalue weighted by atomic mass is 10.1. The van der Waals surface area contributed by atoms with Gasteiger partial charge in [-0.1, -0.05) is 56.0 Å². The number of hydrogen-bond donors (Lipinski definition) is 1. The molecule has 1 heterocycles. The molecule has 1 saturated heterocycles. The van der Waals surface area contributed by atoms with Crippen molar-refractivity contribution in [3.05, 3.63) is 35.4 Å². The second-order valence-corrected chi connectivity index (χ2v) is 5.79. The molecule has 1 aromatic rings. The molecule has 3 nitrogen and oxygen atoms in total. The molecule has 2 rings (SSSR count). The molecule has 1 amide bonds. The normalized spacial score (nSPS) is 22.6. The van der Waals surface area contributed by atoms with Crippen molar-refractivity contribution in [3.63, 3.8) is 0 Å². The van der Waals surface area contributed by atoms with E-state index in [2.05, 4.69) is 43.4 Å². The van der Waals surface area contributed by atoms with E-state index in [9.17, 15) is 4.79 Å². The van der Waals surface area contributed by atoms with Crippen molar-refractivity contribution in [2.24, 2.45) is 0 Å². The smallest absolute Gasteiger partial charge is 0.241 e. The maximum absolute atomic E-state index is 12.3. The predicted octanol–water partition coefficient (Wildman–Crippen LogP) is 3.39. The van der Waals surface area contributed by atoms with Crippen molar-refractivity contribution in [3.8, 4) is 0 Å². The van der Waals surface area contributed by atoms with Gasteiger partial charge in [0.05, 0.1) is 6.04 Å². The molecule has 2 atom stereocenters. The average molecular weight is 274 g/mol. The summed E-state index contributed by atoms with van der Waals surface area (Å²) in [6, 6.07) is 8.39. The van der Waals surface area contributed by atoms with Crippen LogP contribution in [0.2, 0.25) is 0 Å². The van der Waals surface area contributed by atoms with E-state index in [4.69, 9.17) is 0 Å². The molecule has 0 saturated carbocycles. The van der Waals surface area contributed by atoms with Crippen molar-refractivity contribution in [1.29, 1.82) is 0 Å². The van der Waals surface area contributed by atoms with Gasteiger partial charge in [0, 0.05) is 6.54 Å². The fraction of sp³-hybridized carbons (Fsp3) is 0.588. The molecule has 0 aromatic heterocycles. The van der Waals surface area contributed by atoms with Gasteiger partial charge in [0.25, 0.3) is 0 Å². The third kappa shape index (κ3) is 3.40. The number of aryl methyl sites for hydroxylation is 1. The van der Waals surface area contributed by atoms with Gasteiger partial charge < -0.3 is 4.90 Å². The Hall–Kier alpha value is -1.35. The van der Waals surface area contributed by atoms with E-state index in [1.54, 1.807) is 0 Å². The summed E-state index contributed by atoms with van der Waals surface area (Å²) in [7, 11) is 0. The lowest BCUT2D eigenvalue weighted by molar-refractivity contribution is -0.129. The van der Waals surface area contributed by atoms with Crippen molar-refractivity contribution < 1.29 is 4.79 Å². The van der Waals surface area contributed by atoms with E-state index < -0.39 is 0 Å². The Morgan fingerprint density at radius 3 is 2.50 bits per heavy atom. The summed E-state index contributed by atoms with van der Waals surface area (Å²) >= 11 is 0. The van der Waals surface area contributed by atoms with Crippen LogP contribution in [0.1, 0.15) is 56.8 Å². The highest BCUT2D eigenvalue weighted by molar-refractivity contribution is 5.84. The molecule has 0 radical (unpaired) electrons. The molecule has 0 aliphatic carbocycles. The second-order valence-electron chi connectivity index (χ2n) is 5.79. The van der Waals surface area contributed by atoms with E-state index in [0.29, 0.717) is 0 Å². The number of unbranched alkanes of at least 4 members (excludes halogenated alkanes) is 3. The van der Waals surface area contributed by atoms with Gasteiger partial charge in [0.2, 0.25) is 5.91 Å². The monoisotopic (exact) mass is 274 g/mol. The number of nitrogens with one attached hydrogen (secondary N) is 1. The number of benzene rings is 1. The molecule has 1 fully saturated rings. The summed E-state index contributed by atoms with van der Waals surface area (Å²) in [4.78, 5) is 14.3. The Bertz CT molecular complexity index is 441. The molecular weight excluding hydrogens is 248 g/mol. The lowest BCUT2D eigenvalue weighted by Gasteiger charge is -2.24. The molecule has 1 aromatic carbocycles. The Kier molecular flexibility index (Phi) is 5.18. The highest BCUT2D eigenvalue weighted by atomic mass is 16.2. The SMILES string of the molecule is CCCCCCN1C(=O)C(C)NC1c1ccc(C)cc1. The third-order valence-corrected chi connectivity index (χ3v) is 4.02. The third-order valence-electron chi connectivity index (χ3n) is 4.02. The topological polar surface area (TPSA) is 32.3 Å².